The van der Waals surface area contributed by atoms with Crippen molar-refractivity contribution in [2.24, 2.45) is 10.9 Å². The number of guanidine groups is 1. The molecule has 1 unspecified atom stereocenters. The maximum absolute atomic E-state index is 12.7. The van der Waals surface area contributed by atoms with Gasteiger partial charge in [0.15, 0.2) is 5.96 Å². The van der Waals surface area contributed by atoms with Crippen molar-refractivity contribution in [3.63, 3.8) is 0 Å². The minimum atomic E-state index is -4.38. The van der Waals surface area contributed by atoms with Crippen molar-refractivity contribution in [2.45, 2.75) is 26.6 Å². The molecule has 0 aliphatic heterocycles. The number of esters is 1. The number of carbonyl (C=O) groups excluding carboxylic acids is 1. The number of aliphatic imine (C=N–C) groups is 1. The molecule has 0 aliphatic rings. The number of nitrogens with zero attached hydrogens (tertiary/aromatic N) is 1. The Balaban J connectivity index is 0.00000576. The predicted octanol–water partition coefficient (Wildman–Crippen LogP) is 3.19. The molecule has 142 valence electrons. The van der Waals surface area contributed by atoms with Crippen molar-refractivity contribution >= 4 is 35.9 Å². The van der Waals surface area contributed by atoms with E-state index in [4.69, 9.17) is 0 Å². The molecule has 0 aromatic heterocycles. The minimum absolute atomic E-state index is 0. The second-order valence-corrected chi connectivity index (χ2v) is 5.20. The number of carbonyl (C=O) groups is 1. The Kier molecular flexibility index (Phi) is 10.5. The number of benzene rings is 1. The molecule has 1 aromatic carbocycles. The lowest BCUT2D eigenvalue weighted by Crippen LogP contribution is -2.40. The third-order valence-corrected chi connectivity index (χ3v) is 3.20. The van der Waals surface area contributed by atoms with E-state index in [1.807, 2.05) is 6.92 Å². The van der Waals surface area contributed by atoms with Crippen LogP contribution in [-0.2, 0) is 22.3 Å². The molecule has 0 heterocycles. The van der Waals surface area contributed by atoms with Gasteiger partial charge in [0.05, 0.1) is 25.1 Å². The number of halogens is 4. The third kappa shape index (κ3) is 8.41. The number of hydrogen-bond donors (Lipinski definition) is 2. The lowest BCUT2D eigenvalue weighted by molar-refractivity contribution is -0.144. The lowest BCUT2D eigenvalue weighted by Gasteiger charge is -2.14. The fourth-order valence-electron chi connectivity index (χ4n) is 1.89. The summed E-state index contributed by atoms with van der Waals surface area (Å²) in [5.41, 5.74) is -0.254. The maximum Gasteiger partial charge on any atom is 0.416 e. The highest BCUT2D eigenvalue weighted by Gasteiger charge is 2.30. The predicted molar refractivity (Wildman–Crippen MR) is 101 cm³/mol. The van der Waals surface area contributed by atoms with Gasteiger partial charge in [0.25, 0.3) is 0 Å². The van der Waals surface area contributed by atoms with Crippen LogP contribution in [0.1, 0.15) is 25.0 Å². The number of hydrogen-bond acceptors (Lipinski definition) is 3. The van der Waals surface area contributed by atoms with Gasteiger partial charge in [-0.2, -0.15) is 13.2 Å². The van der Waals surface area contributed by atoms with E-state index < -0.39 is 11.7 Å². The van der Waals surface area contributed by atoms with Crippen LogP contribution in [0.2, 0.25) is 0 Å². The number of nitrogens with one attached hydrogen (secondary N) is 2. The summed E-state index contributed by atoms with van der Waals surface area (Å²) in [7, 11) is 1.31. The van der Waals surface area contributed by atoms with Gasteiger partial charge in [-0.1, -0.05) is 19.1 Å². The fraction of sp³-hybridized carbons (Fsp3) is 0.500. The first kappa shape index (κ1) is 23.5. The van der Waals surface area contributed by atoms with Crippen LogP contribution in [0.25, 0.3) is 0 Å². The number of ether oxygens (including phenoxy) is 1. The van der Waals surface area contributed by atoms with Crippen LogP contribution >= 0.6 is 24.0 Å². The van der Waals surface area contributed by atoms with E-state index in [1.54, 1.807) is 13.0 Å². The number of methoxy groups -OCH3 is 1. The highest BCUT2D eigenvalue weighted by molar-refractivity contribution is 14.0. The molecule has 9 heteroatoms. The van der Waals surface area contributed by atoms with E-state index >= 15 is 0 Å². The van der Waals surface area contributed by atoms with Crippen LogP contribution < -0.4 is 10.6 Å². The summed E-state index contributed by atoms with van der Waals surface area (Å²) >= 11 is 0. The Hall–Kier alpha value is -1.52. The van der Waals surface area contributed by atoms with E-state index in [-0.39, 0.29) is 42.4 Å². The molecular formula is C16H23F3IN3O2. The summed E-state index contributed by atoms with van der Waals surface area (Å²) in [5, 5.41) is 5.94. The maximum atomic E-state index is 12.7. The van der Waals surface area contributed by atoms with E-state index in [0.29, 0.717) is 24.6 Å². The third-order valence-electron chi connectivity index (χ3n) is 3.20. The van der Waals surface area contributed by atoms with Crippen LogP contribution in [-0.4, -0.2) is 32.1 Å². The zero-order chi connectivity index (χ0) is 18.2. The Bertz CT molecular complexity index is 580. The first-order valence-corrected chi connectivity index (χ1v) is 7.54. The number of rotatable bonds is 6. The molecule has 0 radical (unpaired) electrons. The van der Waals surface area contributed by atoms with Crippen molar-refractivity contribution < 1.29 is 22.7 Å². The van der Waals surface area contributed by atoms with Crippen molar-refractivity contribution in [1.82, 2.24) is 10.6 Å². The van der Waals surface area contributed by atoms with Gasteiger partial charge in [-0.15, -0.1) is 24.0 Å². The zero-order valence-corrected chi connectivity index (χ0v) is 16.6. The largest absolute Gasteiger partial charge is 0.469 e. The van der Waals surface area contributed by atoms with Gasteiger partial charge in [0.1, 0.15) is 0 Å². The van der Waals surface area contributed by atoms with Gasteiger partial charge in [0.2, 0.25) is 0 Å². The summed E-state index contributed by atoms with van der Waals surface area (Å²) in [6, 6.07) is 5.03. The molecule has 1 aromatic rings. The molecule has 0 fully saturated rings. The molecule has 0 amide bonds. The van der Waals surface area contributed by atoms with E-state index in [9.17, 15) is 18.0 Å². The average molecular weight is 473 g/mol. The van der Waals surface area contributed by atoms with Crippen molar-refractivity contribution in [3.05, 3.63) is 35.4 Å². The first-order chi connectivity index (χ1) is 11.3. The second kappa shape index (κ2) is 11.2. The Morgan fingerprint density at radius 1 is 1.32 bits per heavy atom. The molecule has 0 bridgehead atoms. The Labute approximate surface area is 162 Å². The Morgan fingerprint density at radius 2 is 2.00 bits per heavy atom. The SMILES string of the molecule is CCNC(=NCc1cccc(C(F)(F)F)c1)NCC(C)C(=O)OC.I. The van der Waals surface area contributed by atoms with E-state index in [2.05, 4.69) is 20.4 Å². The highest BCUT2D eigenvalue weighted by atomic mass is 127. The summed E-state index contributed by atoms with van der Waals surface area (Å²) in [6.45, 7) is 4.55. The van der Waals surface area contributed by atoms with Crippen LogP contribution in [0.4, 0.5) is 13.2 Å². The van der Waals surface area contributed by atoms with Gasteiger partial charge in [0, 0.05) is 13.1 Å². The van der Waals surface area contributed by atoms with E-state index in [1.165, 1.54) is 13.2 Å². The molecule has 1 rings (SSSR count). The molecular weight excluding hydrogens is 450 g/mol. The zero-order valence-electron chi connectivity index (χ0n) is 14.3. The van der Waals surface area contributed by atoms with Gasteiger partial charge in [-0.25, -0.2) is 4.99 Å². The van der Waals surface area contributed by atoms with Gasteiger partial charge < -0.3 is 15.4 Å². The Morgan fingerprint density at radius 3 is 2.56 bits per heavy atom. The normalized spacial score (nSPS) is 12.8. The summed E-state index contributed by atoms with van der Waals surface area (Å²) in [4.78, 5) is 15.6. The molecule has 2 N–H and O–H groups in total. The summed E-state index contributed by atoms with van der Waals surface area (Å²) in [6.07, 6.45) is -4.38. The molecule has 25 heavy (non-hydrogen) atoms. The van der Waals surface area contributed by atoms with Gasteiger partial charge >= 0.3 is 12.1 Å². The van der Waals surface area contributed by atoms with Crippen molar-refractivity contribution in [1.29, 1.82) is 0 Å². The first-order valence-electron chi connectivity index (χ1n) is 7.54. The van der Waals surface area contributed by atoms with Gasteiger partial charge in [-0.05, 0) is 24.6 Å². The molecule has 0 spiro atoms. The topological polar surface area (TPSA) is 62.7 Å². The van der Waals surface area contributed by atoms with Crippen LogP contribution in [0.15, 0.2) is 29.3 Å². The van der Waals surface area contributed by atoms with Crippen LogP contribution in [0.5, 0.6) is 0 Å². The monoisotopic (exact) mass is 473 g/mol. The molecule has 0 saturated heterocycles. The second-order valence-electron chi connectivity index (χ2n) is 5.20. The summed E-state index contributed by atoms with van der Waals surface area (Å²) < 4.78 is 42.7. The van der Waals surface area contributed by atoms with E-state index in [0.717, 1.165) is 12.1 Å². The van der Waals surface area contributed by atoms with Crippen molar-refractivity contribution in [3.8, 4) is 0 Å². The van der Waals surface area contributed by atoms with Crippen LogP contribution in [0, 0.1) is 5.92 Å². The standard InChI is InChI=1S/C16H22F3N3O2.HI/c1-4-20-15(21-9-11(2)14(23)24-3)22-10-12-6-5-7-13(8-12)16(17,18)19;/h5-8,11H,4,9-10H2,1-3H3,(H2,20,21,22);1H. The molecule has 0 saturated carbocycles. The smallest absolute Gasteiger partial charge is 0.416 e. The average Bonchev–Trinajstić information content (AvgIpc) is 2.55. The molecule has 1 atom stereocenters. The van der Waals surface area contributed by atoms with Crippen LogP contribution in [0.3, 0.4) is 0 Å². The summed E-state index contributed by atoms with van der Waals surface area (Å²) in [5.74, 6) is -0.297. The highest BCUT2D eigenvalue weighted by Crippen LogP contribution is 2.29. The molecule has 5 nitrogen and oxygen atoms in total. The minimum Gasteiger partial charge on any atom is -0.469 e. The lowest BCUT2D eigenvalue weighted by atomic mass is 10.1. The van der Waals surface area contributed by atoms with Crippen molar-refractivity contribution in [2.75, 3.05) is 20.2 Å². The molecule has 0 aliphatic carbocycles. The van der Waals surface area contributed by atoms with Gasteiger partial charge in [-0.3, -0.25) is 4.79 Å². The fourth-order valence-corrected chi connectivity index (χ4v) is 1.89. The number of alkyl halides is 3. The quantitative estimate of drug-likeness (QED) is 0.289.